The van der Waals surface area contributed by atoms with Crippen LogP contribution >= 0.6 is 0 Å². The van der Waals surface area contributed by atoms with Crippen molar-refractivity contribution in [1.29, 1.82) is 0 Å². The van der Waals surface area contributed by atoms with Crippen LogP contribution in [0.5, 0.6) is 0 Å². The Labute approximate surface area is 108 Å². The molecule has 1 aliphatic carbocycles. The van der Waals surface area contributed by atoms with Gasteiger partial charge in [0.15, 0.2) is 9.84 Å². The van der Waals surface area contributed by atoms with Crippen LogP contribution in [0.2, 0.25) is 0 Å². The van der Waals surface area contributed by atoms with Crippen molar-refractivity contribution >= 4 is 9.84 Å². The molecule has 1 fully saturated rings. The Balaban J connectivity index is 2.17. The van der Waals surface area contributed by atoms with Gasteiger partial charge in [0.25, 0.3) is 0 Å². The van der Waals surface area contributed by atoms with Crippen molar-refractivity contribution in [1.82, 2.24) is 5.32 Å². The molecule has 1 saturated carbocycles. The lowest BCUT2D eigenvalue weighted by Gasteiger charge is -2.38. The van der Waals surface area contributed by atoms with Crippen LogP contribution in [0.25, 0.3) is 0 Å². The molecule has 18 heavy (non-hydrogen) atoms. The average molecular weight is 268 g/mol. The highest BCUT2D eigenvalue weighted by Crippen LogP contribution is 2.37. The summed E-state index contributed by atoms with van der Waals surface area (Å²) in [6.07, 6.45) is 3.28. The lowest BCUT2D eigenvalue weighted by atomic mass is 9.74. The van der Waals surface area contributed by atoms with Crippen LogP contribution in [0.4, 0.5) is 0 Å². The predicted octanol–water partition coefficient (Wildman–Crippen LogP) is 1.09. The van der Waals surface area contributed by atoms with Gasteiger partial charge in [-0.1, -0.05) is 12.1 Å². The van der Waals surface area contributed by atoms with E-state index in [1.54, 1.807) is 12.1 Å². The SMILES string of the molecule is CNC(c1ccc(S(C)(=O)=O)cc1)C1CC(N)C1. The second kappa shape index (κ2) is 4.99. The molecule has 0 spiro atoms. The van der Waals surface area contributed by atoms with Crippen molar-refractivity contribution in [3.05, 3.63) is 29.8 Å². The first kappa shape index (κ1) is 13.5. The molecule has 0 aliphatic heterocycles. The van der Waals surface area contributed by atoms with E-state index in [1.807, 2.05) is 19.2 Å². The highest BCUT2D eigenvalue weighted by molar-refractivity contribution is 7.90. The molecule has 1 aromatic carbocycles. The number of nitrogens with one attached hydrogen (secondary N) is 1. The van der Waals surface area contributed by atoms with E-state index in [9.17, 15) is 8.42 Å². The highest BCUT2D eigenvalue weighted by Gasteiger charge is 2.32. The zero-order chi connectivity index (χ0) is 13.3. The largest absolute Gasteiger partial charge is 0.328 e. The summed E-state index contributed by atoms with van der Waals surface area (Å²) in [4.78, 5) is 0.367. The van der Waals surface area contributed by atoms with Gasteiger partial charge in [-0.2, -0.15) is 0 Å². The van der Waals surface area contributed by atoms with Gasteiger partial charge < -0.3 is 11.1 Å². The second-order valence-corrected chi connectivity index (χ2v) is 7.11. The fourth-order valence-electron chi connectivity index (χ4n) is 2.58. The molecular weight excluding hydrogens is 248 g/mol. The summed E-state index contributed by atoms with van der Waals surface area (Å²) in [5, 5.41) is 3.29. The summed E-state index contributed by atoms with van der Waals surface area (Å²) >= 11 is 0. The Morgan fingerprint density at radius 1 is 1.28 bits per heavy atom. The Hall–Kier alpha value is -0.910. The van der Waals surface area contributed by atoms with Gasteiger partial charge in [0, 0.05) is 18.3 Å². The zero-order valence-electron chi connectivity index (χ0n) is 10.8. The standard InChI is InChI=1S/C13H20N2O2S/c1-15-13(10-7-11(14)8-10)9-3-5-12(6-4-9)18(2,16)17/h3-6,10-11,13,15H,7-8,14H2,1-2H3. The highest BCUT2D eigenvalue weighted by atomic mass is 32.2. The van der Waals surface area contributed by atoms with E-state index in [0.717, 1.165) is 18.4 Å². The molecule has 0 bridgehead atoms. The van der Waals surface area contributed by atoms with Crippen molar-refractivity contribution in [3.8, 4) is 0 Å². The maximum atomic E-state index is 11.4. The van der Waals surface area contributed by atoms with Gasteiger partial charge in [0.05, 0.1) is 4.90 Å². The van der Waals surface area contributed by atoms with Gasteiger partial charge in [0.1, 0.15) is 0 Å². The molecule has 5 heteroatoms. The molecule has 0 radical (unpaired) electrons. The van der Waals surface area contributed by atoms with Crippen LogP contribution < -0.4 is 11.1 Å². The average Bonchev–Trinajstić information content (AvgIpc) is 2.27. The molecule has 1 atom stereocenters. The third-order valence-electron chi connectivity index (χ3n) is 3.66. The van der Waals surface area contributed by atoms with E-state index in [0.29, 0.717) is 16.9 Å². The smallest absolute Gasteiger partial charge is 0.175 e. The maximum Gasteiger partial charge on any atom is 0.175 e. The van der Waals surface area contributed by atoms with E-state index < -0.39 is 9.84 Å². The van der Waals surface area contributed by atoms with Crippen LogP contribution in [0, 0.1) is 5.92 Å². The molecular formula is C13H20N2O2S. The van der Waals surface area contributed by atoms with Crippen molar-refractivity contribution in [2.45, 2.75) is 29.8 Å². The molecule has 0 aromatic heterocycles. The lowest BCUT2D eigenvalue weighted by Crippen LogP contribution is -2.42. The summed E-state index contributed by atoms with van der Waals surface area (Å²) in [6, 6.07) is 7.71. The molecule has 100 valence electrons. The molecule has 2 rings (SSSR count). The first-order valence-electron chi connectivity index (χ1n) is 6.14. The minimum absolute atomic E-state index is 0.262. The molecule has 0 heterocycles. The van der Waals surface area contributed by atoms with Crippen molar-refractivity contribution in [3.63, 3.8) is 0 Å². The van der Waals surface area contributed by atoms with Gasteiger partial charge in [-0.05, 0) is 43.5 Å². The summed E-state index contributed by atoms with van der Waals surface area (Å²) in [7, 11) is -1.18. The van der Waals surface area contributed by atoms with Crippen LogP contribution in [0.1, 0.15) is 24.4 Å². The maximum absolute atomic E-state index is 11.4. The molecule has 1 unspecified atom stereocenters. The lowest BCUT2D eigenvalue weighted by molar-refractivity contribution is 0.204. The molecule has 3 N–H and O–H groups in total. The first-order valence-corrected chi connectivity index (χ1v) is 8.04. The summed E-state index contributed by atoms with van der Waals surface area (Å²) < 4.78 is 22.8. The monoisotopic (exact) mass is 268 g/mol. The number of sulfone groups is 1. The summed E-state index contributed by atoms with van der Waals surface area (Å²) in [5.74, 6) is 0.550. The van der Waals surface area contributed by atoms with E-state index in [-0.39, 0.29) is 6.04 Å². The van der Waals surface area contributed by atoms with Gasteiger partial charge in [-0.3, -0.25) is 0 Å². The fraction of sp³-hybridized carbons (Fsp3) is 0.538. The Kier molecular flexibility index (Phi) is 3.75. The topological polar surface area (TPSA) is 72.2 Å². The van der Waals surface area contributed by atoms with Gasteiger partial charge in [0.2, 0.25) is 0 Å². The van der Waals surface area contributed by atoms with Gasteiger partial charge >= 0.3 is 0 Å². The Bertz CT molecular complexity index is 504. The van der Waals surface area contributed by atoms with E-state index in [2.05, 4.69) is 5.32 Å². The Morgan fingerprint density at radius 3 is 2.22 bits per heavy atom. The number of hydrogen-bond acceptors (Lipinski definition) is 4. The van der Waals surface area contributed by atoms with Crippen LogP contribution in [-0.2, 0) is 9.84 Å². The van der Waals surface area contributed by atoms with Crippen molar-refractivity contribution in [2.75, 3.05) is 13.3 Å². The summed E-state index contributed by atoms with van der Waals surface area (Å²) in [5.41, 5.74) is 6.94. The van der Waals surface area contributed by atoms with Gasteiger partial charge in [-0.15, -0.1) is 0 Å². The van der Waals surface area contributed by atoms with Gasteiger partial charge in [-0.25, -0.2) is 8.42 Å². The first-order chi connectivity index (χ1) is 8.41. The molecule has 1 aliphatic rings. The second-order valence-electron chi connectivity index (χ2n) is 5.10. The quantitative estimate of drug-likeness (QED) is 0.857. The van der Waals surface area contributed by atoms with Crippen molar-refractivity contribution in [2.24, 2.45) is 11.7 Å². The van der Waals surface area contributed by atoms with Crippen molar-refractivity contribution < 1.29 is 8.42 Å². The van der Waals surface area contributed by atoms with E-state index >= 15 is 0 Å². The zero-order valence-corrected chi connectivity index (χ0v) is 11.6. The summed E-state index contributed by atoms with van der Waals surface area (Å²) in [6.45, 7) is 0. The molecule has 0 amide bonds. The number of benzene rings is 1. The third kappa shape index (κ3) is 2.74. The number of hydrogen-bond donors (Lipinski definition) is 2. The minimum Gasteiger partial charge on any atom is -0.328 e. The van der Waals surface area contributed by atoms with Crippen LogP contribution in [0.15, 0.2) is 29.2 Å². The van der Waals surface area contributed by atoms with Crippen LogP contribution in [-0.4, -0.2) is 27.8 Å². The molecule has 1 aromatic rings. The normalized spacial score (nSPS) is 25.5. The van der Waals surface area contributed by atoms with Crippen LogP contribution in [0.3, 0.4) is 0 Å². The third-order valence-corrected chi connectivity index (χ3v) is 4.79. The number of rotatable bonds is 4. The minimum atomic E-state index is -3.11. The molecule has 4 nitrogen and oxygen atoms in total. The Morgan fingerprint density at radius 2 is 1.83 bits per heavy atom. The van der Waals surface area contributed by atoms with E-state index in [1.165, 1.54) is 6.26 Å². The molecule has 0 saturated heterocycles. The predicted molar refractivity (Wildman–Crippen MR) is 72.1 cm³/mol. The fourth-order valence-corrected chi connectivity index (χ4v) is 3.21. The number of nitrogens with two attached hydrogens (primary N) is 1. The van der Waals surface area contributed by atoms with E-state index in [4.69, 9.17) is 5.73 Å².